The van der Waals surface area contributed by atoms with Crippen molar-refractivity contribution >= 4 is 5.96 Å². The first-order valence-corrected chi connectivity index (χ1v) is 6.90. The lowest BCUT2D eigenvalue weighted by molar-refractivity contribution is 0.392. The number of benzene rings is 1. The normalized spacial score (nSPS) is 11.1. The van der Waals surface area contributed by atoms with Crippen molar-refractivity contribution in [2.24, 2.45) is 4.99 Å². The maximum Gasteiger partial charge on any atom is 0.218 e. The highest BCUT2D eigenvalue weighted by atomic mass is 19.1. The molecule has 0 amide bonds. The minimum atomic E-state index is -0.237. The van der Waals surface area contributed by atoms with Crippen molar-refractivity contribution in [1.29, 1.82) is 0 Å². The van der Waals surface area contributed by atoms with Crippen LogP contribution in [0.3, 0.4) is 0 Å². The summed E-state index contributed by atoms with van der Waals surface area (Å²) in [6.07, 6.45) is 1.67. The fourth-order valence-electron chi connectivity index (χ4n) is 1.96. The largest absolute Gasteiger partial charge is 0.481 e. The Labute approximate surface area is 129 Å². The van der Waals surface area contributed by atoms with E-state index >= 15 is 0 Å². The van der Waals surface area contributed by atoms with Gasteiger partial charge in [-0.15, -0.1) is 0 Å². The Balaban J connectivity index is 1.92. The summed E-state index contributed by atoms with van der Waals surface area (Å²) in [7, 11) is 3.24. The predicted molar refractivity (Wildman–Crippen MR) is 84.2 cm³/mol. The van der Waals surface area contributed by atoms with E-state index in [-0.39, 0.29) is 5.82 Å². The summed E-state index contributed by atoms with van der Waals surface area (Å²) in [6.45, 7) is 0.866. The second-order valence-corrected chi connectivity index (χ2v) is 4.54. The number of aliphatic imine (C=N–C) groups is 1. The van der Waals surface area contributed by atoms with Gasteiger partial charge in [-0.2, -0.15) is 0 Å². The highest BCUT2D eigenvalue weighted by molar-refractivity contribution is 5.79. The van der Waals surface area contributed by atoms with Crippen LogP contribution in [-0.4, -0.2) is 25.1 Å². The average Bonchev–Trinajstić information content (AvgIpc) is 2.56. The maximum absolute atomic E-state index is 13.6. The Morgan fingerprint density at radius 2 is 1.82 bits per heavy atom. The molecule has 1 heterocycles. The molecule has 22 heavy (non-hydrogen) atoms. The number of nitrogens with one attached hydrogen (secondary N) is 2. The molecular formula is C16H19FN4O. The molecule has 0 atom stereocenters. The van der Waals surface area contributed by atoms with E-state index in [1.54, 1.807) is 38.6 Å². The lowest BCUT2D eigenvalue weighted by atomic mass is 10.2. The van der Waals surface area contributed by atoms with Gasteiger partial charge in [0, 0.05) is 37.5 Å². The third-order valence-electron chi connectivity index (χ3n) is 3.12. The number of nitrogens with zero attached hydrogens (tertiary/aromatic N) is 2. The minimum absolute atomic E-state index is 0.237. The molecule has 1 aromatic carbocycles. The fraction of sp³-hybridized carbons (Fsp3) is 0.250. The van der Waals surface area contributed by atoms with Gasteiger partial charge in [-0.1, -0.05) is 24.3 Å². The fourth-order valence-corrected chi connectivity index (χ4v) is 1.96. The van der Waals surface area contributed by atoms with Gasteiger partial charge in [-0.3, -0.25) is 4.99 Å². The molecule has 0 radical (unpaired) electrons. The van der Waals surface area contributed by atoms with Crippen molar-refractivity contribution in [3.63, 3.8) is 0 Å². The monoisotopic (exact) mass is 302 g/mol. The molecule has 2 N–H and O–H groups in total. The van der Waals surface area contributed by atoms with Gasteiger partial charge < -0.3 is 15.4 Å². The summed E-state index contributed by atoms with van der Waals surface area (Å²) in [4.78, 5) is 8.25. The Hall–Kier alpha value is -2.63. The van der Waals surface area contributed by atoms with Crippen LogP contribution >= 0.6 is 0 Å². The minimum Gasteiger partial charge on any atom is -0.481 e. The molecule has 0 aliphatic carbocycles. The van der Waals surface area contributed by atoms with E-state index in [0.29, 0.717) is 30.5 Å². The predicted octanol–water partition coefficient (Wildman–Crippen LogP) is 2.09. The Morgan fingerprint density at radius 1 is 1.14 bits per heavy atom. The first-order chi connectivity index (χ1) is 10.7. The molecule has 0 aliphatic heterocycles. The Morgan fingerprint density at radius 3 is 2.50 bits per heavy atom. The molecule has 0 saturated heterocycles. The molecule has 0 spiro atoms. The third kappa shape index (κ3) is 4.18. The van der Waals surface area contributed by atoms with E-state index in [0.717, 1.165) is 5.56 Å². The van der Waals surface area contributed by atoms with Crippen molar-refractivity contribution in [3.05, 3.63) is 59.5 Å². The smallest absolute Gasteiger partial charge is 0.218 e. The van der Waals surface area contributed by atoms with E-state index in [1.807, 2.05) is 12.1 Å². The van der Waals surface area contributed by atoms with Gasteiger partial charge >= 0.3 is 0 Å². The van der Waals surface area contributed by atoms with Crippen LogP contribution in [0.15, 0.2) is 47.6 Å². The molecule has 5 nitrogen and oxygen atoms in total. The molecule has 0 saturated carbocycles. The summed E-state index contributed by atoms with van der Waals surface area (Å²) >= 11 is 0. The second kappa shape index (κ2) is 7.97. The zero-order valence-corrected chi connectivity index (χ0v) is 12.6. The number of guanidine groups is 1. The number of hydrogen-bond donors (Lipinski definition) is 2. The molecule has 0 fully saturated rings. The summed E-state index contributed by atoms with van der Waals surface area (Å²) in [6, 6.07) is 10.4. The average molecular weight is 302 g/mol. The van der Waals surface area contributed by atoms with Crippen molar-refractivity contribution in [2.75, 3.05) is 14.2 Å². The summed E-state index contributed by atoms with van der Waals surface area (Å²) in [5.41, 5.74) is 1.50. The number of pyridine rings is 1. The highest BCUT2D eigenvalue weighted by Crippen LogP contribution is 2.12. The second-order valence-electron chi connectivity index (χ2n) is 4.54. The topological polar surface area (TPSA) is 58.5 Å². The molecule has 0 unspecified atom stereocenters. The number of rotatable bonds is 5. The molecular weight excluding hydrogens is 283 g/mol. The molecule has 0 bridgehead atoms. The highest BCUT2D eigenvalue weighted by Gasteiger charge is 2.05. The summed E-state index contributed by atoms with van der Waals surface area (Å²) in [5, 5.41) is 6.22. The van der Waals surface area contributed by atoms with Crippen molar-refractivity contribution in [3.8, 4) is 5.88 Å². The molecule has 0 aliphatic rings. The molecule has 2 aromatic rings. The van der Waals surface area contributed by atoms with Gasteiger partial charge in [0.05, 0.1) is 7.11 Å². The van der Waals surface area contributed by atoms with E-state index in [9.17, 15) is 4.39 Å². The van der Waals surface area contributed by atoms with Crippen LogP contribution in [0.4, 0.5) is 4.39 Å². The van der Waals surface area contributed by atoms with E-state index < -0.39 is 0 Å². The number of ether oxygens (including phenoxy) is 1. The zero-order valence-electron chi connectivity index (χ0n) is 12.6. The molecule has 6 heteroatoms. The van der Waals surface area contributed by atoms with Crippen LogP contribution < -0.4 is 15.4 Å². The van der Waals surface area contributed by atoms with Crippen molar-refractivity contribution in [2.45, 2.75) is 13.1 Å². The van der Waals surface area contributed by atoms with Gasteiger partial charge in [-0.25, -0.2) is 9.37 Å². The van der Waals surface area contributed by atoms with E-state index in [1.165, 1.54) is 6.07 Å². The number of halogens is 1. The van der Waals surface area contributed by atoms with Crippen LogP contribution in [0, 0.1) is 5.82 Å². The van der Waals surface area contributed by atoms with E-state index in [4.69, 9.17) is 4.74 Å². The molecule has 1 aromatic heterocycles. The quantitative estimate of drug-likeness (QED) is 0.656. The van der Waals surface area contributed by atoms with Crippen LogP contribution in [-0.2, 0) is 13.1 Å². The van der Waals surface area contributed by atoms with Crippen LogP contribution in [0.2, 0.25) is 0 Å². The van der Waals surface area contributed by atoms with Gasteiger partial charge in [0.2, 0.25) is 5.88 Å². The SMILES string of the molecule is CN=C(NCc1ccccc1F)NCc1cccnc1OC. The maximum atomic E-state index is 13.6. The van der Waals surface area contributed by atoms with Crippen LogP contribution in [0.25, 0.3) is 0 Å². The third-order valence-corrected chi connectivity index (χ3v) is 3.12. The Kier molecular flexibility index (Phi) is 5.71. The summed E-state index contributed by atoms with van der Waals surface area (Å²) < 4.78 is 18.8. The first-order valence-electron chi connectivity index (χ1n) is 6.90. The first kappa shape index (κ1) is 15.8. The number of aromatic nitrogens is 1. The van der Waals surface area contributed by atoms with Crippen LogP contribution in [0.5, 0.6) is 5.88 Å². The van der Waals surface area contributed by atoms with Gasteiger partial charge in [0.1, 0.15) is 5.82 Å². The lowest BCUT2D eigenvalue weighted by Gasteiger charge is -2.13. The standard InChI is InChI=1S/C16H19FN4O/c1-18-16(20-10-12-6-3-4-8-14(12)17)21-11-13-7-5-9-19-15(13)22-2/h3-9H,10-11H2,1-2H3,(H2,18,20,21). The number of methoxy groups -OCH3 is 1. The van der Waals surface area contributed by atoms with Crippen LogP contribution in [0.1, 0.15) is 11.1 Å². The number of hydrogen-bond acceptors (Lipinski definition) is 3. The van der Waals surface area contributed by atoms with Gasteiger partial charge in [0.15, 0.2) is 5.96 Å². The van der Waals surface area contributed by atoms with Gasteiger partial charge in [0.25, 0.3) is 0 Å². The van der Waals surface area contributed by atoms with Crippen molar-refractivity contribution < 1.29 is 9.13 Å². The van der Waals surface area contributed by atoms with Crippen molar-refractivity contribution in [1.82, 2.24) is 15.6 Å². The zero-order chi connectivity index (χ0) is 15.8. The molecule has 116 valence electrons. The summed E-state index contributed by atoms with van der Waals surface area (Å²) in [5.74, 6) is 0.910. The van der Waals surface area contributed by atoms with Gasteiger partial charge in [-0.05, 0) is 12.1 Å². The van der Waals surface area contributed by atoms with E-state index in [2.05, 4.69) is 20.6 Å². The Bertz CT molecular complexity index is 646. The molecule has 2 rings (SSSR count). The lowest BCUT2D eigenvalue weighted by Crippen LogP contribution is -2.36.